The van der Waals surface area contributed by atoms with Crippen molar-refractivity contribution in [2.75, 3.05) is 46.7 Å². The SMILES string of the molecule is COc1cc(NC(=O)C2CCCN(Cc3cccc(F)c3)C2)c(C(=O)N(C)C)cc1OC. The zero-order valence-electron chi connectivity index (χ0n) is 19.0. The third-order valence-electron chi connectivity index (χ3n) is 5.59. The Morgan fingerprint density at radius 3 is 2.53 bits per heavy atom. The van der Waals surface area contributed by atoms with E-state index in [2.05, 4.69) is 10.2 Å². The van der Waals surface area contributed by atoms with Crippen LogP contribution in [0.2, 0.25) is 0 Å². The van der Waals surface area contributed by atoms with Gasteiger partial charge in [0.25, 0.3) is 5.91 Å². The zero-order chi connectivity index (χ0) is 23.3. The highest BCUT2D eigenvalue weighted by molar-refractivity contribution is 6.05. The number of nitrogens with zero attached hydrogens (tertiary/aromatic N) is 2. The molecular formula is C24H30FN3O4. The van der Waals surface area contributed by atoms with Crippen LogP contribution in [0.4, 0.5) is 10.1 Å². The number of piperidine rings is 1. The van der Waals surface area contributed by atoms with Gasteiger partial charge in [0.15, 0.2) is 11.5 Å². The van der Waals surface area contributed by atoms with Crippen molar-refractivity contribution < 1.29 is 23.5 Å². The van der Waals surface area contributed by atoms with E-state index in [1.165, 1.54) is 31.3 Å². The van der Waals surface area contributed by atoms with Gasteiger partial charge in [-0.2, -0.15) is 0 Å². The standard InChI is InChI=1S/C24H30FN3O4/c1-27(2)24(30)19-12-21(31-3)22(32-4)13-20(19)26-23(29)17-8-6-10-28(15-17)14-16-7-5-9-18(25)11-16/h5,7,9,11-13,17H,6,8,10,14-15H2,1-4H3,(H,26,29). The first-order valence-electron chi connectivity index (χ1n) is 10.6. The molecule has 0 spiro atoms. The summed E-state index contributed by atoms with van der Waals surface area (Å²) in [7, 11) is 6.30. The van der Waals surface area contributed by atoms with E-state index in [1.54, 1.807) is 32.3 Å². The van der Waals surface area contributed by atoms with Crippen molar-refractivity contribution in [3.05, 3.63) is 53.3 Å². The number of rotatable bonds is 7. The van der Waals surface area contributed by atoms with Crippen LogP contribution in [0.1, 0.15) is 28.8 Å². The van der Waals surface area contributed by atoms with Crippen molar-refractivity contribution in [1.82, 2.24) is 9.80 Å². The molecule has 1 aliphatic rings. The van der Waals surface area contributed by atoms with Gasteiger partial charge in [-0.05, 0) is 43.1 Å². The molecule has 0 bridgehead atoms. The number of carbonyl (C=O) groups excluding carboxylic acids is 2. The second kappa shape index (κ2) is 10.5. The second-order valence-corrected chi connectivity index (χ2v) is 8.15. The first-order chi connectivity index (χ1) is 15.3. The summed E-state index contributed by atoms with van der Waals surface area (Å²) in [5.41, 5.74) is 1.59. The maximum atomic E-state index is 13.5. The summed E-state index contributed by atoms with van der Waals surface area (Å²) in [6.45, 7) is 2.00. The molecule has 7 nitrogen and oxygen atoms in total. The molecule has 0 aromatic heterocycles. The Morgan fingerprint density at radius 2 is 1.88 bits per heavy atom. The third kappa shape index (κ3) is 5.56. The van der Waals surface area contributed by atoms with Crippen molar-refractivity contribution in [1.29, 1.82) is 0 Å². The number of anilines is 1. The molecule has 0 aliphatic carbocycles. The van der Waals surface area contributed by atoms with Crippen LogP contribution < -0.4 is 14.8 Å². The molecule has 1 atom stereocenters. The molecule has 0 radical (unpaired) electrons. The zero-order valence-corrected chi connectivity index (χ0v) is 19.0. The number of ether oxygens (including phenoxy) is 2. The number of amides is 2. The fourth-order valence-electron chi connectivity index (χ4n) is 3.94. The van der Waals surface area contributed by atoms with Gasteiger partial charge in [0.1, 0.15) is 5.82 Å². The van der Waals surface area contributed by atoms with Crippen LogP contribution in [0, 0.1) is 11.7 Å². The van der Waals surface area contributed by atoms with Crippen molar-refractivity contribution in [3.8, 4) is 11.5 Å². The Balaban J connectivity index is 1.77. The average Bonchev–Trinajstić information content (AvgIpc) is 2.78. The van der Waals surface area contributed by atoms with E-state index >= 15 is 0 Å². The quantitative estimate of drug-likeness (QED) is 0.710. The predicted molar refractivity (Wildman–Crippen MR) is 121 cm³/mol. The van der Waals surface area contributed by atoms with Gasteiger partial charge < -0.3 is 19.7 Å². The molecule has 172 valence electrons. The van der Waals surface area contributed by atoms with Gasteiger partial charge in [-0.3, -0.25) is 14.5 Å². The molecule has 3 rings (SSSR count). The first-order valence-corrected chi connectivity index (χ1v) is 10.6. The maximum Gasteiger partial charge on any atom is 0.255 e. The molecule has 8 heteroatoms. The van der Waals surface area contributed by atoms with E-state index in [0.717, 1.165) is 24.9 Å². The van der Waals surface area contributed by atoms with Crippen LogP contribution in [0.3, 0.4) is 0 Å². The largest absolute Gasteiger partial charge is 0.493 e. The third-order valence-corrected chi connectivity index (χ3v) is 5.59. The number of methoxy groups -OCH3 is 2. The second-order valence-electron chi connectivity index (χ2n) is 8.15. The predicted octanol–water partition coefficient (Wildman–Crippen LogP) is 3.40. The van der Waals surface area contributed by atoms with E-state index < -0.39 is 0 Å². The number of nitrogens with one attached hydrogen (secondary N) is 1. The van der Waals surface area contributed by atoms with E-state index in [4.69, 9.17) is 9.47 Å². The van der Waals surface area contributed by atoms with Gasteiger partial charge in [0.2, 0.25) is 5.91 Å². The minimum absolute atomic E-state index is 0.158. The number of hydrogen-bond donors (Lipinski definition) is 1. The molecule has 32 heavy (non-hydrogen) atoms. The Bertz CT molecular complexity index is 980. The number of hydrogen-bond acceptors (Lipinski definition) is 5. The van der Waals surface area contributed by atoms with Crippen LogP contribution in [0.15, 0.2) is 36.4 Å². The van der Waals surface area contributed by atoms with Crippen molar-refractivity contribution in [3.63, 3.8) is 0 Å². The maximum absolute atomic E-state index is 13.5. The Labute approximate surface area is 188 Å². The fraction of sp³-hybridized carbons (Fsp3) is 0.417. The van der Waals surface area contributed by atoms with Gasteiger partial charge in [-0.25, -0.2) is 4.39 Å². The van der Waals surface area contributed by atoms with Crippen LogP contribution in [0.25, 0.3) is 0 Å². The Morgan fingerprint density at radius 1 is 1.16 bits per heavy atom. The lowest BCUT2D eigenvalue weighted by atomic mass is 9.96. The summed E-state index contributed by atoms with van der Waals surface area (Å²) in [5, 5.41) is 2.93. The van der Waals surface area contributed by atoms with Gasteiger partial charge in [-0.15, -0.1) is 0 Å². The number of halogens is 1. The van der Waals surface area contributed by atoms with Crippen molar-refractivity contribution in [2.45, 2.75) is 19.4 Å². The lowest BCUT2D eigenvalue weighted by Gasteiger charge is -2.32. The first kappa shape index (κ1) is 23.5. The van der Waals surface area contributed by atoms with Crippen LogP contribution in [0.5, 0.6) is 11.5 Å². The van der Waals surface area contributed by atoms with E-state index in [9.17, 15) is 14.0 Å². The topological polar surface area (TPSA) is 71.1 Å². The number of likely N-dealkylation sites (tertiary alicyclic amines) is 1. The lowest BCUT2D eigenvalue weighted by Crippen LogP contribution is -2.40. The normalized spacial score (nSPS) is 16.3. The van der Waals surface area contributed by atoms with E-state index in [0.29, 0.717) is 35.8 Å². The summed E-state index contributed by atoms with van der Waals surface area (Å²) in [6, 6.07) is 9.71. The highest BCUT2D eigenvalue weighted by atomic mass is 19.1. The van der Waals surface area contributed by atoms with Gasteiger partial charge in [0.05, 0.1) is 31.4 Å². The summed E-state index contributed by atoms with van der Waals surface area (Å²) in [6.07, 6.45) is 1.61. The highest BCUT2D eigenvalue weighted by Crippen LogP contribution is 2.34. The van der Waals surface area contributed by atoms with Crippen LogP contribution in [-0.4, -0.2) is 63.0 Å². The molecule has 1 heterocycles. The Kier molecular flexibility index (Phi) is 7.69. The van der Waals surface area contributed by atoms with E-state index in [1.807, 2.05) is 6.07 Å². The molecule has 1 aliphatic heterocycles. The number of carbonyl (C=O) groups is 2. The average molecular weight is 444 g/mol. The monoisotopic (exact) mass is 443 g/mol. The molecule has 1 fully saturated rings. The molecule has 2 amide bonds. The Hall–Kier alpha value is -3.13. The fourth-order valence-corrected chi connectivity index (χ4v) is 3.94. The highest BCUT2D eigenvalue weighted by Gasteiger charge is 2.28. The molecule has 0 saturated carbocycles. The summed E-state index contributed by atoms with van der Waals surface area (Å²) in [4.78, 5) is 29.4. The molecular weight excluding hydrogens is 413 g/mol. The molecule has 1 N–H and O–H groups in total. The van der Waals surface area contributed by atoms with Gasteiger partial charge in [-0.1, -0.05) is 12.1 Å². The molecule has 2 aromatic carbocycles. The summed E-state index contributed by atoms with van der Waals surface area (Å²) >= 11 is 0. The van der Waals surface area contributed by atoms with Gasteiger partial charge in [0, 0.05) is 33.3 Å². The molecule has 1 saturated heterocycles. The molecule has 2 aromatic rings. The summed E-state index contributed by atoms with van der Waals surface area (Å²) < 4.78 is 24.2. The van der Waals surface area contributed by atoms with E-state index in [-0.39, 0.29) is 23.5 Å². The smallest absolute Gasteiger partial charge is 0.255 e. The van der Waals surface area contributed by atoms with Crippen LogP contribution in [-0.2, 0) is 11.3 Å². The molecule has 1 unspecified atom stereocenters. The van der Waals surface area contributed by atoms with Gasteiger partial charge >= 0.3 is 0 Å². The number of benzene rings is 2. The van der Waals surface area contributed by atoms with Crippen molar-refractivity contribution in [2.24, 2.45) is 5.92 Å². The van der Waals surface area contributed by atoms with Crippen molar-refractivity contribution >= 4 is 17.5 Å². The minimum Gasteiger partial charge on any atom is -0.493 e. The van der Waals surface area contributed by atoms with Crippen LogP contribution >= 0.6 is 0 Å². The summed E-state index contributed by atoms with van der Waals surface area (Å²) in [5.74, 6) is -0.0798. The minimum atomic E-state index is -0.264. The lowest BCUT2D eigenvalue weighted by molar-refractivity contribution is -0.121.